The number of nitrogens with zero attached hydrogens (tertiary/aromatic N) is 2. The van der Waals surface area contributed by atoms with E-state index in [1.165, 1.54) is 0 Å². The van der Waals surface area contributed by atoms with Gasteiger partial charge in [0.2, 0.25) is 0 Å². The zero-order chi connectivity index (χ0) is 8.69. The van der Waals surface area contributed by atoms with Crippen molar-refractivity contribution in [1.29, 1.82) is 10.5 Å². The molecule has 1 atom stereocenters. The summed E-state index contributed by atoms with van der Waals surface area (Å²) in [7, 11) is 0. The van der Waals surface area contributed by atoms with Gasteiger partial charge in [-0.2, -0.15) is 10.5 Å². The second-order valence-electron chi connectivity index (χ2n) is 2.38. The predicted molar refractivity (Wildman–Crippen MR) is 41.0 cm³/mol. The Balaban J connectivity index is 3.67. The lowest BCUT2D eigenvalue weighted by Gasteiger charge is -2.08. The molecule has 11 heavy (non-hydrogen) atoms. The summed E-state index contributed by atoms with van der Waals surface area (Å²) in [6, 6.07) is 3.60. The van der Waals surface area contributed by atoms with Gasteiger partial charge in [-0.1, -0.05) is 0 Å². The van der Waals surface area contributed by atoms with E-state index in [4.69, 9.17) is 22.0 Å². The Morgan fingerprint density at radius 3 is 2.18 bits per heavy atom. The first kappa shape index (κ1) is 9.90. The average molecular weight is 152 g/mol. The minimum Gasteiger partial charge on any atom is -0.330 e. The first-order valence-electron chi connectivity index (χ1n) is 3.49. The number of hydrogen-bond donors (Lipinski definition) is 2. The summed E-state index contributed by atoms with van der Waals surface area (Å²) in [4.78, 5) is 0. The van der Waals surface area contributed by atoms with Gasteiger partial charge in [0.15, 0.2) is 0 Å². The molecule has 0 saturated carbocycles. The fourth-order valence-electron chi connectivity index (χ4n) is 0.769. The normalized spacial score (nSPS) is 12.1. The molecule has 1 unspecified atom stereocenters. The van der Waals surface area contributed by atoms with Crippen LogP contribution >= 0.6 is 0 Å². The van der Waals surface area contributed by atoms with Crippen molar-refractivity contribution in [3.8, 4) is 12.1 Å². The van der Waals surface area contributed by atoms with Crippen molar-refractivity contribution in [1.82, 2.24) is 0 Å². The van der Waals surface area contributed by atoms with Gasteiger partial charge in [0, 0.05) is 6.04 Å². The van der Waals surface area contributed by atoms with E-state index in [-0.39, 0.29) is 6.04 Å². The average Bonchev–Trinajstić information content (AvgIpc) is 2.01. The molecule has 0 bridgehead atoms. The highest BCUT2D eigenvalue weighted by atomic mass is 14.7. The van der Waals surface area contributed by atoms with Crippen LogP contribution in [0, 0.1) is 28.6 Å². The third-order valence-electron chi connectivity index (χ3n) is 1.39. The lowest BCUT2D eigenvalue weighted by Crippen LogP contribution is -2.25. The minimum atomic E-state index is -0.587. The summed E-state index contributed by atoms with van der Waals surface area (Å²) in [6.07, 6.45) is 1.09. The van der Waals surface area contributed by atoms with Gasteiger partial charge in [0.05, 0.1) is 12.1 Å². The molecule has 0 fully saturated rings. The van der Waals surface area contributed by atoms with Crippen molar-refractivity contribution >= 4 is 0 Å². The SMILES string of the molecule is N#CC(C#N)CC(N)CCN. The second-order valence-corrected chi connectivity index (χ2v) is 2.38. The minimum absolute atomic E-state index is 0.121. The second kappa shape index (κ2) is 5.67. The van der Waals surface area contributed by atoms with Crippen LogP contribution in [0.4, 0.5) is 0 Å². The maximum Gasteiger partial charge on any atom is 0.134 e. The maximum atomic E-state index is 8.38. The van der Waals surface area contributed by atoms with Crippen LogP contribution in [0.3, 0.4) is 0 Å². The molecule has 4 nitrogen and oxygen atoms in total. The van der Waals surface area contributed by atoms with E-state index < -0.39 is 5.92 Å². The molecule has 0 aliphatic rings. The first-order valence-corrected chi connectivity index (χ1v) is 3.49. The molecule has 4 heteroatoms. The molecule has 0 amide bonds. The van der Waals surface area contributed by atoms with Crippen molar-refractivity contribution < 1.29 is 0 Å². The fourth-order valence-corrected chi connectivity index (χ4v) is 0.769. The van der Waals surface area contributed by atoms with Crippen LogP contribution in [0.15, 0.2) is 0 Å². The van der Waals surface area contributed by atoms with Crippen LogP contribution < -0.4 is 11.5 Å². The van der Waals surface area contributed by atoms with E-state index in [2.05, 4.69) is 0 Å². The van der Waals surface area contributed by atoms with E-state index in [0.717, 1.165) is 0 Å². The lowest BCUT2D eigenvalue weighted by atomic mass is 10.0. The van der Waals surface area contributed by atoms with Gasteiger partial charge in [-0.3, -0.25) is 0 Å². The predicted octanol–water partition coefficient (Wildman–Crippen LogP) is -0.284. The van der Waals surface area contributed by atoms with Crippen LogP contribution in [0.2, 0.25) is 0 Å². The van der Waals surface area contributed by atoms with E-state index in [1.807, 2.05) is 12.1 Å². The summed E-state index contributed by atoms with van der Waals surface area (Å²) < 4.78 is 0. The van der Waals surface area contributed by atoms with E-state index in [1.54, 1.807) is 0 Å². The van der Waals surface area contributed by atoms with Crippen LogP contribution in [0.1, 0.15) is 12.8 Å². The number of rotatable bonds is 4. The van der Waals surface area contributed by atoms with E-state index >= 15 is 0 Å². The summed E-state index contributed by atoms with van der Waals surface area (Å²) in [5, 5.41) is 16.8. The van der Waals surface area contributed by atoms with Crippen molar-refractivity contribution in [2.24, 2.45) is 17.4 Å². The molecule has 0 saturated heterocycles. The quantitative estimate of drug-likeness (QED) is 0.578. The molecular weight excluding hydrogens is 140 g/mol. The molecule has 0 aromatic carbocycles. The molecule has 0 aliphatic carbocycles. The molecule has 0 rings (SSSR count). The zero-order valence-electron chi connectivity index (χ0n) is 6.33. The Hall–Kier alpha value is -1.10. The standard InChI is InChI=1S/C7H12N4/c8-2-1-7(11)3-6(4-9)5-10/h6-7H,1-3,8,11H2. The lowest BCUT2D eigenvalue weighted by molar-refractivity contribution is 0.543. The molecule has 0 heterocycles. The van der Waals surface area contributed by atoms with Crippen LogP contribution in [0.25, 0.3) is 0 Å². The zero-order valence-corrected chi connectivity index (χ0v) is 6.33. The van der Waals surface area contributed by atoms with Crippen molar-refractivity contribution in [3.05, 3.63) is 0 Å². The molecular formula is C7H12N4. The van der Waals surface area contributed by atoms with E-state index in [9.17, 15) is 0 Å². The number of nitriles is 2. The maximum absolute atomic E-state index is 8.38. The largest absolute Gasteiger partial charge is 0.330 e. The van der Waals surface area contributed by atoms with E-state index in [0.29, 0.717) is 19.4 Å². The fraction of sp³-hybridized carbons (Fsp3) is 0.714. The van der Waals surface area contributed by atoms with Crippen LogP contribution in [-0.4, -0.2) is 12.6 Å². The Bertz CT molecular complexity index is 162. The molecule has 0 aromatic rings. The summed E-state index contributed by atoms with van der Waals surface area (Å²) >= 11 is 0. The highest BCUT2D eigenvalue weighted by Gasteiger charge is 2.10. The Morgan fingerprint density at radius 2 is 1.82 bits per heavy atom. The Morgan fingerprint density at radius 1 is 1.27 bits per heavy atom. The van der Waals surface area contributed by atoms with Crippen molar-refractivity contribution in [3.63, 3.8) is 0 Å². The molecule has 0 radical (unpaired) electrons. The topological polar surface area (TPSA) is 99.6 Å². The van der Waals surface area contributed by atoms with Crippen molar-refractivity contribution in [2.45, 2.75) is 18.9 Å². The molecule has 4 N–H and O–H groups in total. The van der Waals surface area contributed by atoms with Gasteiger partial charge in [-0.15, -0.1) is 0 Å². The van der Waals surface area contributed by atoms with Gasteiger partial charge in [0.25, 0.3) is 0 Å². The molecule has 0 aromatic heterocycles. The van der Waals surface area contributed by atoms with Crippen molar-refractivity contribution in [2.75, 3.05) is 6.54 Å². The van der Waals surface area contributed by atoms with Crippen LogP contribution in [-0.2, 0) is 0 Å². The summed E-state index contributed by atoms with van der Waals surface area (Å²) in [6.45, 7) is 0.505. The molecule has 60 valence electrons. The number of nitrogens with two attached hydrogens (primary N) is 2. The summed E-state index contributed by atoms with van der Waals surface area (Å²) in [5.74, 6) is -0.587. The van der Waals surface area contributed by atoms with Gasteiger partial charge >= 0.3 is 0 Å². The third kappa shape index (κ3) is 4.32. The Kier molecular flexibility index (Phi) is 5.10. The van der Waals surface area contributed by atoms with Crippen LogP contribution in [0.5, 0.6) is 0 Å². The molecule has 0 spiro atoms. The molecule has 0 aliphatic heterocycles. The van der Waals surface area contributed by atoms with Gasteiger partial charge in [0.1, 0.15) is 5.92 Å². The highest BCUT2D eigenvalue weighted by molar-refractivity contribution is 5.00. The van der Waals surface area contributed by atoms with Gasteiger partial charge < -0.3 is 11.5 Å². The van der Waals surface area contributed by atoms with Gasteiger partial charge in [-0.25, -0.2) is 0 Å². The Labute approximate surface area is 66.4 Å². The monoisotopic (exact) mass is 152 g/mol. The summed E-state index contributed by atoms with van der Waals surface area (Å²) in [5.41, 5.74) is 10.8. The first-order chi connectivity index (χ1) is 5.24. The third-order valence-corrected chi connectivity index (χ3v) is 1.39. The highest BCUT2D eigenvalue weighted by Crippen LogP contribution is 2.04. The smallest absolute Gasteiger partial charge is 0.134 e. The number of hydrogen-bond acceptors (Lipinski definition) is 4. The van der Waals surface area contributed by atoms with Gasteiger partial charge in [-0.05, 0) is 19.4 Å².